The van der Waals surface area contributed by atoms with Gasteiger partial charge in [0.05, 0.1) is 6.61 Å². The molecule has 2 aliphatic rings. The summed E-state index contributed by atoms with van der Waals surface area (Å²) in [6.45, 7) is 1.90. The maximum absolute atomic E-state index is 11.4. The predicted molar refractivity (Wildman–Crippen MR) is 58.1 cm³/mol. The van der Waals surface area contributed by atoms with E-state index in [1.807, 2.05) is 0 Å². The van der Waals surface area contributed by atoms with E-state index in [1.165, 1.54) is 25.8 Å². The molecule has 0 bridgehead atoms. The lowest BCUT2D eigenvalue weighted by Gasteiger charge is -2.24. The zero-order valence-corrected chi connectivity index (χ0v) is 9.76. The Morgan fingerprint density at radius 1 is 1.47 bits per heavy atom. The maximum Gasteiger partial charge on any atom is 0.302 e. The van der Waals surface area contributed by atoms with Gasteiger partial charge in [0.25, 0.3) is 0 Å². The van der Waals surface area contributed by atoms with E-state index in [9.17, 15) is 9.59 Å². The van der Waals surface area contributed by atoms with Crippen LogP contribution in [0.25, 0.3) is 0 Å². The van der Waals surface area contributed by atoms with E-state index in [0.717, 1.165) is 0 Å². The SMILES string of the molecule is CC(=O)OC[C@H]1O[C@H](OCC2CC2)C=CC1=O. The van der Waals surface area contributed by atoms with E-state index < -0.39 is 18.4 Å². The van der Waals surface area contributed by atoms with Crippen molar-refractivity contribution in [1.29, 1.82) is 0 Å². The molecule has 5 heteroatoms. The summed E-state index contributed by atoms with van der Waals surface area (Å²) in [5.74, 6) is 0.0143. The van der Waals surface area contributed by atoms with Crippen molar-refractivity contribution in [3.8, 4) is 0 Å². The number of rotatable bonds is 5. The molecular weight excluding hydrogens is 224 g/mol. The van der Waals surface area contributed by atoms with Gasteiger partial charge in [-0.2, -0.15) is 0 Å². The summed E-state index contributed by atoms with van der Waals surface area (Å²) in [7, 11) is 0. The Bertz CT molecular complexity index is 332. The minimum atomic E-state index is -0.742. The molecular formula is C12H16O5. The Morgan fingerprint density at radius 2 is 2.24 bits per heavy atom. The van der Waals surface area contributed by atoms with E-state index in [4.69, 9.17) is 14.2 Å². The van der Waals surface area contributed by atoms with E-state index in [0.29, 0.717) is 12.5 Å². The third-order valence-electron chi connectivity index (χ3n) is 2.66. The second kappa shape index (κ2) is 5.42. The van der Waals surface area contributed by atoms with Crippen LogP contribution in [0.15, 0.2) is 12.2 Å². The van der Waals surface area contributed by atoms with E-state index >= 15 is 0 Å². The van der Waals surface area contributed by atoms with Gasteiger partial charge in [-0.05, 0) is 30.9 Å². The number of hydrogen-bond donors (Lipinski definition) is 0. The normalized spacial score (nSPS) is 28.2. The lowest BCUT2D eigenvalue weighted by Crippen LogP contribution is -2.37. The van der Waals surface area contributed by atoms with Crippen molar-refractivity contribution in [1.82, 2.24) is 0 Å². The Morgan fingerprint density at radius 3 is 2.88 bits per heavy atom. The maximum atomic E-state index is 11.4. The van der Waals surface area contributed by atoms with Crippen LogP contribution in [0.5, 0.6) is 0 Å². The molecule has 1 fully saturated rings. The Kier molecular flexibility index (Phi) is 3.91. The molecule has 1 aliphatic heterocycles. The first-order chi connectivity index (χ1) is 8.15. The molecule has 0 radical (unpaired) electrons. The molecule has 17 heavy (non-hydrogen) atoms. The zero-order valence-electron chi connectivity index (χ0n) is 9.76. The second-order valence-electron chi connectivity index (χ2n) is 4.33. The van der Waals surface area contributed by atoms with Crippen molar-refractivity contribution in [2.24, 2.45) is 5.92 Å². The van der Waals surface area contributed by atoms with Gasteiger partial charge < -0.3 is 14.2 Å². The third kappa shape index (κ3) is 3.94. The number of hydrogen-bond acceptors (Lipinski definition) is 5. The first kappa shape index (κ1) is 12.3. The van der Waals surface area contributed by atoms with Gasteiger partial charge in [-0.3, -0.25) is 9.59 Å². The molecule has 2 atom stereocenters. The molecule has 1 aliphatic carbocycles. The minimum absolute atomic E-state index is 0.0538. The van der Waals surface area contributed by atoms with Crippen LogP contribution in [-0.4, -0.2) is 37.4 Å². The monoisotopic (exact) mass is 240 g/mol. The highest BCUT2D eigenvalue weighted by Crippen LogP contribution is 2.29. The highest BCUT2D eigenvalue weighted by Gasteiger charge is 2.28. The molecule has 0 spiro atoms. The highest BCUT2D eigenvalue weighted by atomic mass is 16.7. The minimum Gasteiger partial charge on any atom is -0.463 e. The Hall–Kier alpha value is -1.20. The molecule has 0 saturated heterocycles. The van der Waals surface area contributed by atoms with Gasteiger partial charge in [0.15, 0.2) is 18.2 Å². The topological polar surface area (TPSA) is 61.8 Å². The first-order valence-corrected chi connectivity index (χ1v) is 5.77. The number of carbonyl (C=O) groups is 2. The predicted octanol–water partition coefficient (Wildman–Crippen LogP) is 0.826. The largest absolute Gasteiger partial charge is 0.463 e. The highest BCUT2D eigenvalue weighted by molar-refractivity contribution is 5.94. The van der Waals surface area contributed by atoms with Crippen molar-refractivity contribution >= 4 is 11.8 Å². The molecule has 0 unspecified atom stereocenters. The van der Waals surface area contributed by atoms with E-state index in [1.54, 1.807) is 6.08 Å². The summed E-state index contributed by atoms with van der Waals surface area (Å²) < 4.78 is 15.6. The Labute approximate surface area is 99.7 Å². The van der Waals surface area contributed by atoms with Gasteiger partial charge in [-0.15, -0.1) is 0 Å². The first-order valence-electron chi connectivity index (χ1n) is 5.77. The summed E-state index contributed by atoms with van der Waals surface area (Å²) in [6.07, 6.45) is 4.17. The van der Waals surface area contributed by atoms with Gasteiger partial charge in [0.1, 0.15) is 6.61 Å². The fourth-order valence-corrected chi connectivity index (χ4v) is 1.48. The van der Waals surface area contributed by atoms with E-state index in [-0.39, 0.29) is 12.4 Å². The van der Waals surface area contributed by atoms with Gasteiger partial charge in [-0.25, -0.2) is 0 Å². The summed E-state index contributed by atoms with van der Waals surface area (Å²) in [5, 5.41) is 0. The summed E-state index contributed by atoms with van der Waals surface area (Å²) in [6, 6.07) is 0. The molecule has 2 rings (SSSR count). The number of ether oxygens (including phenoxy) is 3. The molecule has 94 valence electrons. The molecule has 0 aromatic heterocycles. The molecule has 0 N–H and O–H groups in total. The standard InChI is InChI=1S/C12H16O5/c1-8(13)15-7-11-10(14)4-5-12(17-11)16-6-9-2-3-9/h4-5,9,11-12H,2-3,6-7H2,1H3/t11-,12+/m1/s1. The fourth-order valence-electron chi connectivity index (χ4n) is 1.48. The molecule has 0 aromatic rings. The second-order valence-corrected chi connectivity index (χ2v) is 4.33. The van der Waals surface area contributed by atoms with Gasteiger partial charge in [0, 0.05) is 6.92 Å². The molecule has 0 amide bonds. The lowest BCUT2D eigenvalue weighted by atomic mass is 10.2. The van der Waals surface area contributed by atoms with Crippen molar-refractivity contribution in [2.45, 2.75) is 32.2 Å². The van der Waals surface area contributed by atoms with Crippen molar-refractivity contribution < 1.29 is 23.8 Å². The summed E-state index contributed by atoms with van der Waals surface area (Å²) in [4.78, 5) is 22.1. The molecule has 1 saturated carbocycles. The number of ketones is 1. The van der Waals surface area contributed by atoms with Crippen molar-refractivity contribution in [2.75, 3.05) is 13.2 Å². The average molecular weight is 240 g/mol. The van der Waals surface area contributed by atoms with Crippen molar-refractivity contribution in [3.63, 3.8) is 0 Å². The van der Waals surface area contributed by atoms with Crippen LogP contribution in [0.3, 0.4) is 0 Å². The fraction of sp³-hybridized carbons (Fsp3) is 0.667. The lowest BCUT2D eigenvalue weighted by molar-refractivity contribution is -0.176. The van der Waals surface area contributed by atoms with E-state index in [2.05, 4.69) is 0 Å². The van der Waals surface area contributed by atoms with Gasteiger partial charge >= 0.3 is 5.97 Å². The summed E-state index contributed by atoms with van der Waals surface area (Å²) in [5.41, 5.74) is 0. The molecule has 5 nitrogen and oxygen atoms in total. The van der Waals surface area contributed by atoms with Crippen LogP contribution in [0.1, 0.15) is 19.8 Å². The average Bonchev–Trinajstić information content (AvgIpc) is 3.10. The quantitative estimate of drug-likeness (QED) is 0.666. The number of carbonyl (C=O) groups excluding carboxylic acids is 2. The van der Waals surface area contributed by atoms with Gasteiger partial charge in [0.2, 0.25) is 0 Å². The van der Waals surface area contributed by atoms with Crippen LogP contribution in [0, 0.1) is 5.92 Å². The van der Waals surface area contributed by atoms with Crippen molar-refractivity contribution in [3.05, 3.63) is 12.2 Å². The van der Waals surface area contributed by atoms with Gasteiger partial charge in [-0.1, -0.05) is 0 Å². The molecule has 0 aromatic carbocycles. The number of esters is 1. The smallest absolute Gasteiger partial charge is 0.302 e. The van der Waals surface area contributed by atoms with Crippen LogP contribution in [0.4, 0.5) is 0 Å². The van der Waals surface area contributed by atoms with Crippen LogP contribution >= 0.6 is 0 Å². The third-order valence-corrected chi connectivity index (χ3v) is 2.66. The van der Waals surface area contributed by atoms with Crippen LogP contribution in [0.2, 0.25) is 0 Å². The van der Waals surface area contributed by atoms with Crippen LogP contribution < -0.4 is 0 Å². The van der Waals surface area contributed by atoms with Crippen LogP contribution in [-0.2, 0) is 23.8 Å². The zero-order chi connectivity index (χ0) is 12.3. The molecule has 1 heterocycles. The Balaban J connectivity index is 1.78. The summed E-state index contributed by atoms with van der Waals surface area (Å²) >= 11 is 0.